The van der Waals surface area contributed by atoms with E-state index in [4.69, 9.17) is 4.74 Å². The summed E-state index contributed by atoms with van der Waals surface area (Å²) in [4.78, 5) is 19.6. The Morgan fingerprint density at radius 2 is 2.04 bits per heavy atom. The van der Waals surface area contributed by atoms with Crippen LogP contribution in [-0.4, -0.2) is 15.8 Å². The molecule has 3 aromatic rings. The number of nitrogens with one attached hydrogen (secondary N) is 2. The summed E-state index contributed by atoms with van der Waals surface area (Å²) in [6, 6.07) is 13.9. The number of ketones is 1. The molecule has 4 rings (SSSR count). The van der Waals surface area contributed by atoms with Crippen LogP contribution < -0.4 is 5.32 Å². The number of aromatic amines is 1. The molecule has 1 unspecified atom stereocenters. The number of pyridine rings is 1. The standard InChI is InChI=1S/C20H17N3O2/c1-13(14-6-3-2-4-7-14)23-19-11-17(24)18(25-19)10-15-12-22-20-16(15)8-5-9-21-20/h2-13,23H,1H3,(H,21,22)/b18-10+. The molecule has 0 amide bonds. The highest BCUT2D eigenvalue weighted by molar-refractivity contribution is 6.08. The average Bonchev–Trinajstić information content (AvgIpc) is 3.20. The lowest BCUT2D eigenvalue weighted by atomic mass is 10.1. The molecule has 0 saturated heterocycles. The summed E-state index contributed by atoms with van der Waals surface area (Å²) >= 11 is 0. The van der Waals surface area contributed by atoms with Gasteiger partial charge in [-0.25, -0.2) is 4.98 Å². The third-order valence-electron chi connectivity index (χ3n) is 4.15. The molecule has 0 bridgehead atoms. The Morgan fingerprint density at radius 1 is 1.20 bits per heavy atom. The van der Waals surface area contributed by atoms with Gasteiger partial charge >= 0.3 is 0 Å². The maximum absolute atomic E-state index is 12.2. The van der Waals surface area contributed by atoms with Crippen LogP contribution in [0.15, 0.2) is 72.6 Å². The first-order chi connectivity index (χ1) is 12.2. The van der Waals surface area contributed by atoms with E-state index in [1.807, 2.05) is 55.6 Å². The molecule has 5 nitrogen and oxygen atoms in total. The van der Waals surface area contributed by atoms with Crippen molar-refractivity contribution < 1.29 is 9.53 Å². The van der Waals surface area contributed by atoms with Gasteiger partial charge in [0.25, 0.3) is 0 Å². The van der Waals surface area contributed by atoms with E-state index < -0.39 is 0 Å². The van der Waals surface area contributed by atoms with E-state index in [2.05, 4.69) is 15.3 Å². The quantitative estimate of drug-likeness (QED) is 0.716. The molecule has 2 aromatic heterocycles. The Hall–Kier alpha value is -3.34. The molecule has 124 valence electrons. The summed E-state index contributed by atoms with van der Waals surface area (Å²) in [7, 11) is 0. The van der Waals surface area contributed by atoms with Crippen LogP contribution in [-0.2, 0) is 9.53 Å². The van der Waals surface area contributed by atoms with Crippen molar-refractivity contribution >= 4 is 22.9 Å². The van der Waals surface area contributed by atoms with E-state index in [1.165, 1.54) is 6.08 Å². The van der Waals surface area contributed by atoms with Crippen molar-refractivity contribution in [2.75, 3.05) is 0 Å². The number of fused-ring (bicyclic) bond motifs is 1. The fraction of sp³-hybridized carbons (Fsp3) is 0.100. The van der Waals surface area contributed by atoms with Gasteiger partial charge in [0.05, 0.1) is 6.04 Å². The van der Waals surface area contributed by atoms with Gasteiger partial charge in [0.1, 0.15) is 5.65 Å². The summed E-state index contributed by atoms with van der Waals surface area (Å²) in [5.41, 5.74) is 2.78. The van der Waals surface area contributed by atoms with Crippen LogP contribution in [0.4, 0.5) is 0 Å². The highest BCUT2D eigenvalue weighted by Crippen LogP contribution is 2.24. The van der Waals surface area contributed by atoms with Gasteiger partial charge in [-0.15, -0.1) is 0 Å². The number of rotatable bonds is 4. The van der Waals surface area contributed by atoms with Gasteiger partial charge in [0.15, 0.2) is 11.6 Å². The van der Waals surface area contributed by atoms with Crippen molar-refractivity contribution in [2.45, 2.75) is 13.0 Å². The lowest BCUT2D eigenvalue weighted by Gasteiger charge is -2.15. The second-order valence-electron chi connectivity index (χ2n) is 5.90. The van der Waals surface area contributed by atoms with Crippen LogP contribution >= 0.6 is 0 Å². The minimum absolute atomic E-state index is 0.0388. The van der Waals surface area contributed by atoms with Crippen molar-refractivity contribution in [3.63, 3.8) is 0 Å². The number of benzene rings is 1. The SMILES string of the molecule is CC(NC1=CC(=O)/C(=C\c2c[nH]c3ncccc23)O1)c1ccccc1. The van der Waals surface area contributed by atoms with Gasteiger partial charge in [-0.1, -0.05) is 30.3 Å². The molecular formula is C20H17N3O2. The van der Waals surface area contributed by atoms with E-state index in [0.29, 0.717) is 11.6 Å². The van der Waals surface area contributed by atoms with Crippen LogP contribution in [0.5, 0.6) is 0 Å². The van der Waals surface area contributed by atoms with Gasteiger partial charge in [-0.05, 0) is 30.7 Å². The molecule has 2 N–H and O–H groups in total. The molecule has 1 aromatic carbocycles. The largest absolute Gasteiger partial charge is 0.437 e. The first-order valence-electron chi connectivity index (χ1n) is 8.10. The number of allylic oxidation sites excluding steroid dienone is 1. The molecule has 5 heteroatoms. The van der Waals surface area contributed by atoms with Crippen LogP contribution in [0.1, 0.15) is 24.1 Å². The topological polar surface area (TPSA) is 67.0 Å². The average molecular weight is 331 g/mol. The number of carbonyl (C=O) groups is 1. The summed E-state index contributed by atoms with van der Waals surface area (Å²) in [6.45, 7) is 2.02. The van der Waals surface area contributed by atoms with Gasteiger partial charge in [-0.3, -0.25) is 4.79 Å². The fourth-order valence-electron chi connectivity index (χ4n) is 2.84. The molecule has 1 aliphatic heterocycles. The Bertz CT molecular complexity index is 986. The molecule has 25 heavy (non-hydrogen) atoms. The minimum Gasteiger partial charge on any atom is -0.437 e. The van der Waals surface area contributed by atoms with Gasteiger partial charge in [0, 0.05) is 29.4 Å². The molecule has 3 heterocycles. The lowest BCUT2D eigenvalue weighted by molar-refractivity contribution is -0.112. The smallest absolute Gasteiger partial charge is 0.226 e. The van der Waals surface area contributed by atoms with Crippen molar-refractivity contribution in [2.24, 2.45) is 0 Å². The second-order valence-corrected chi connectivity index (χ2v) is 5.90. The molecule has 0 saturated carbocycles. The molecule has 0 aliphatic carbocycles. The van der Waals surface area contributed by atoms with E-state index in [9.17, 15) is 4.79 Å². The highest BCUT2D eigenvalue weighted by atomic mass is 16.5. The highest BCUT2D eigenvalue weighted by Gasteiger charge is 2.22. The van der Waals surface area contributed by atoms with Crippen LogP contribution in [0.3, 0.4) is 0 Å². The molecule has 0 radical (unpaired) electrons. The third-order valence-corrected chi connectivity index (χ3v) is 4.15. The summed E-state index contributed by atoms with van der Waals surface area (Å²) in [5.74, 6) is 0.610. The van der Waals surface area contributed by atoms with Gasteiger partial charge in [0.2, 0.25) is 5.78 Å². The number of hydrogen-bond donors (Lipinski definition) is 2. The fourth-order valence-corrected chi connectivity index (χ4v) is 2.84. The zero-order valence-electron chi connectivity index (χ0n) is 13.7. The zero-order valence-corrected chi connectivity index (χ0v) is 13.7. The van der Waals surface area contributed by atoms with E-state index >= 15 is 0 Å². The Morgan fingerprint density at radius 3 is 2.88 bits per heavy atom. The molecule has 1 aliphatic rings. The zero-order chi connectivity index (χ0) is 17.2. The molecule has 0 fully saturated rings. The number of aromatic nitrogens is 2. The number of nitrogens with zero attached hydrogens (tertiary/aromatic N) is 1. The Labute approximate surface area is 145 Å². The van der Waals surface area contributed by atoms with Crippen LogP contribution in [0.25, 0.3) is 17.1 Å². The predicted molar refractivity (Wildman–Crippen MR) is 96.2 cm³/mol. The first-order valence-corrected chi connectivity index (χ1v) is 8.10. The molecule has 1 atom stereocenters. The normalized spacial score (nSPS) is 16.8. The predicted octanol–water partition coefficient (Wildman–Crippen LogP) is 3.70. The molecule has 0 spiro atoms. The molecular weight excluding hydrogens is 314 g/mol. The lowest BCUT2D eigenvalue weighted by Crippen LogP contribution is -2.17. The summed E-state index contributed by atoms with van der Waals surface area (Å²) in [5, 5.41) is 4.18. The minimum atomic E-state index is -0.152. The van der Waals surface area contributed by atoms with E-state index in [0.717, 1.165) is 22.2 Å². The number of hydrogen-bond acceptors (Lipinski definition) is 4. The Balaban J connectivity index is 1.52. The Kier molecular flexibility index (Phi) is 3.82. The summed E-state index contributed by atoms with van der Waals surface area (Å²) in [6.07, 6.45) is 6.76. The summed E-state index contributed by atoms with van der Waals surface area (Å²) < 4.78 is 5.72. The van der Waals surface area contributed by atoms with Gasteiger partial charge in [-0.2, -0.15) is 0 Å². The van der Waals surface area contributed by atoms with E-state index in [1.54, 1.807) is 12.3 Å². The number of H-pyrrole nitrogens is 1. The first kappa shape index (κ1) is 15.2. The van der Waals surface area contributed by atoms with Crippen LogP contribution in [0.2, 0.25) is 0 Å². The van der Waals surface area contributed by atoms with Crippen molar-refractivity contribution in [1.82, 2.24) is 15.3 Å². The number of carbonyl (C=O) groups excluding carboxylic acids is 1. The second kappa shape index (κ2) is 6.28. The maximum atomic E-state index is 12.2. The van der Waals surface area contributed by atoms with Gasteiger partial charge < -0.3 is 15.0 Å². The van der Waals surface area contributed by atoms with Crippen molar-refractivity contribution in [3.05, 3.63) is 83.7 Å². The van der Waals surface area contributed by atoms with Crippen molar-refractivity contribution in [1.29, 1.82) is 0 Å². The number of ether oxygens (including phenoxy) is 1. The van der Waals surface area contributed by atoms with E-state index in [-0.39, 0.29) is 11.8 Å². The monoisotopic (exact) mass is 331 g/mol. The van der Waals surface area contributed by atoms with Crippen molar-refractivity contribution in [3.8, 4) is 0 Å². The maximum Gasteiger partial charge on any atom is 0.226 e. The van der Waals surface area contributed by atoms with Crippen LogP contribution in [0, 0.1) is 0 Å². The third kappa shape index (κ3) is 3.04.